The Morgan fingerprint density at radius 3 is 2.39 bits per heavy atom. The van der Waals surface area contributed by atoms with Crippen LogP contribution in [0.1, 0.15) is 26.2 Å². The van der Waals surface area contributed by atoms with Gasteiger partial charge in [0.1, 0.15) is 6.04 Å². The molecule has 0 heterocycles. The summed E-state index contributed by atoms with van der Waals surface area (Å²) in [5.41, 5.74) is 4.94. The van der Waals surface area contributed by atoms with Crippen molar-refractivity contribution in [2.45, 2.75) is 38.1 Å². The highest BCUT2D eigenvalue weighted by molar-refractivity contribution is 5.77. The average molecular weight is 263 g/mol. The lowest BCUT2D eigenvalue weighted by Gasteiger charge is -2.18. The summed E-state index contributed by atoms with van der Waals surface area (Å²) in [7, 11) is 0. The number of aliphatic hydroxyl groups is 2. The molecule has 0 aliphatic rings. The Balaban J connectivity index is 3.77. The van der Waals surface area contributed by atoms with Crippen molar-refractivity contribution in [1.82, 2.24) is 10.6 Å². The Hall–Kier alpha value is -1.22. The molecular weight excluding hydrogens is 242 g/mol. The monoisotopic (exact) mass is 263 g/mol. The van der Waals surface area contributed by atoms with Crippen LogP contribution in [-0.2, 0) is 9.59 Å². The van der Waals surface area contributed by atoms with Crippen molar-refractivity contribution in [3.05, 3.63) is 0 Å². The fourth-order valence-electron chi connectivity index (χ4n) is 1.29. The van der Waals surface area contributed by atoms with Crippen LogP contribution in [-0.4, -0.2) is 52.2 Å². The Morgan fingerprint density at radius 1 is 1.33 bits per heavy atom. The number of hydrogen-bond donors (Lipinski definition) is 6. The molecule has 1 amide bonds. The van der Waals surface area contributed by atoms with Gasteiger partial charge in [0.25, 0.3) is 0 Å². The van der Waals surface area contributed by atoms with Crippen molar-refractivity contribution in [2.75, 3.05) is 13.1 Å². The molecule has 0 aromatic rings. The first-order chi connectivity index (χ1) is 8.22. The van der Waals surface area contributed by atoms with E-state index in [2.05, 4.69) is 10.6 Å². The smallest absolute Gasteiger partial charge is 0.320 e. The van der Waals surface area contributed by atoms with Crippen molar-refractivity contribution in [3.63, 3.8) is 0 Å². The van der Waals surface area contributed by atoms with Gasteiger partial charge in [-0.25, -0.2) is 0 Å². The highest BCUT2D eigenvalue weighted by Gasteiger charge is 2.17. The molecule has 8 nitrogen and oxygen atoms in total. The maximum absolute atomic E-state index is 10.8. The van der Waals surface area contributed by atoms with E-state index in [0.29, 0.717) is 19.5 Å². The molecule has 0 saturated carbocycles. The van der Waals surface area contributed by atoms with Crippen LogP contribution in [0.25, 0.3) is 0 Å². The number of rotatable bonds is 10. The summed E-state index contributed by atoms with van der Waals surface area (Å²) in [6, 6.07) is -0.827. The quantitative estimate of drug-likeness (QED) is 0.196. The molecule has 0 bridgehead atoms. The van der Waals surface area contributed by atoms with E-state index in [0.717, 1.165) is 0 Å². The van der Waals surface area contributed by atoms with Crippen LogP contribution in [0, 0.1) is 0 Å². The second-order valence-corrected chi connectivity index (χ2v) is 4.15. The fourth-order valence-corrected chi connectivity index (χ4v) is 1.29. The summed E-state index contributed by atoms with van der Waals surface area (Å²) in [6.45, 7) is 1.88. The Bertz CT molecular complexity index is 277. The van der Waals surface area contributed by atoms with E-state index in [1.807, 2.05) is 0 Å². The van der Waals surface area contributed by atoms with Crippen molar-refractivity contribution in [2.24, 2.45) is 5.73 Å². The number of primary amides is 1. The van der Waals surface area contributed by atoms with Gasteiger partial charge in [-0.2, -0.15) is 0 Å². The van der Waals surface area contributed by atoms with Gasteiger partial charge in [0.2, 0.25) is 11.8 Å². The molecular formula is C10H21N3O5. The van der Waals surface area contributed by atoms with Crippen LogP contribution in [0.4, 0.5) is 0 Å². The first-order valence-corrected chi connectivity index (χ1v) is 5.66. The minimum Gasteiger partial charge on any atom is -0.480 e. The zero-order valence-electron chi connectivity index (χ0n) is 10.3. The molecule has 0 aromatic heterocycles. The van der Waals surface area contributed by atoms with Gasteiger partial charge in [-0.1, -0.05) is 0 Å². The van der Waals surface area contributed by atoms with Gasteiger partial charge in [-0.3, -0.25) is 14.9 Å². The molecule has 0 fully saturated rings. The largest absolute Gasteiger partial charge is 0.480 e. The first-order valence-electron chi connectivity index (χ1n) is 5.66. The summed E-state index contributed by atoms with van der Waals surface area (Å²) in [5, 5.41) is 31.9. The fraction of sp³-hybridized carbons (Fsp3) is 0.800. The number of carbonyl (C=O) groups excluding carboxylic acids is 1. The summed E-state index contributed by atoms with van der Waals surface area (Å²) in [6.07, 6.45) is 0.653. The average Bonchev–Trinajstić information content (AvgIpc) is 2.19. The lowest BCUT2D eigenvalue weighted by atomic mass is 10.1. The maximum Gasteiger partial charge on any atom is 0.320 e. The van der Waals surface area contributed by atoms with Gasteiger partial charge in [-0.15, -0.1) is 0 Å². The molecule has 1 atom stereocenters. The number of nitrogens with one attached hydrogen (secondary N) is 2. The molecule has 0 unspecified atom stereocenters. The molecule has 106 valence electrons. The van der Waals surface area contributed by atoms with E-state index < -0.39 is 23.8 Å². The van der Waals surface area contributed by atoms with Gasteiger partial charge in [0.15, 0.2) is 0 Å². The second-order valence-electron chi connectivity index (χ2n) is 4.15. The Labute approximate surface area is 105 Å². The number of aliphatic carboxylic acids is 1. The summed E-state index contributed by atoms with van der Waals surface area (Å²) >= 11 is 0. The summed E-state index contributed by atoms with van der Waals surface area (Å²) in [4.78, 5) is 21.4. The number of carbonyl (C=O) groups is 2. The molecule has 7 N–H and O–H groups in total. The van der Waals surface area contributed by atoms with Crippen LogP contribution in [0.15, 0.2) is 0 Å². The van der Waals surface area contributed by atoms with Crippen molar-refractivity contribution < 1.29 is 24.9 Å². The van der Waals surface area contributed by atoms with Gasteiger partial charge in [0, 0.05) is 19.9 Å². The van der Waals surface area contributed by atoms with Crippen molar-refractivity contribution in [1.29, 1.82) is 0 Å². The van der Waals surface area contributed by atoms with E-state index in [1.165, 1.54) is 6.92 Å². The molecule has 0 rings (SSSR count). The zero-order valence-corrected chi connectivity index (χ0v) is 10.3. The van der Waals surface area contributed by atoms with Crippen LogP contribution in [0.3, 0.4) is 0 Å². The molecule has 0 aliphatic carbocycles. The number of amides is 1. The molecule has 8 heteroatoms. The third kappa shape index (κ3) is 9.97. The molecule has 18 heavy (non-hydrogen) atoms. The predicted molar refractivity (Wildman–Crippen MR) is 63.3 cm³/mol. The molecule has 0 aliphatic heterocycles. The number of carboxylic acid groups (broad SMARTS) is 1. The van der Waals surface area contributed by atoms with E-state index in [-0.39, 0.29) is 12.8 Å². The third-order valence-electron chi connectivity index (χ3n) is 2.18. The minimum absolute atomic E-state index is 0.00751. The zero-order chi connectivity index (χ0) is 14.2. The van der Waals surface area contributed by atoms with E-state index in [4.69, 9.17) is 21.1 Å². The highest BCUT2D eigenvalue weighted by atomic mass is 16.5. The predicted octanol–water partition coefficient (Wildman–Crippen LogP) is -2.07. The topological polar surface area (TPSA) is 145 Å². The Morgan fingerprint density at radius 2 is 1.94 bits per heavy atom. The molecule has 0 aromatic carbocycles. The van der Waals surface area contributed by atoms with Crippen molar-refractivity contribution >= 4 is 11.9 Å². The van der Waals surface area contributed by atoms with Gasteiger partial charge in [0.05, 0.1) is 0 Å². The standard InChI is InChI=1S/C10H21N3O5/c1-10(17,18)13-6-2-5-12-7(9(15)16)3-4-8(11)14/h7,12-13,17-18H,2-6H2,1H3,(H2,11,14)(H,15,16)/t7-/m0/s1. The normalized spacial score (nSPS) is 13.3. The second kappa shape index (κ2) is 7.98. The van der Waals surface area contributed by atoms with Gasteiger partial charge in [-0.05, 0) is 19.4 Å². The van der Waals surface area contributed by atoms with Crippen molar-refractivity contribution in [3.8, 4) is 0 Å². The van der Waals surface area contributed by atoms with Crippen LogP contribution < -0.4 is 16.4 Å². The highest BCUT2D eigenvalue weighted by Crippen LogP contribution is 1.97. The van der Waals surface area contributed by atoms with Crippen LogP contribution >= 0.6 is 0 Å². The summed E-state index contributed by atoms with van der Waals surface area (Å²) in [5.74, 6) is -3.52. The third-order valence-corrected chi connectivity index (χ3v) is 2.18. The molecule has 0 spiro atoms. The lowest BCUT2D eigenvalue weighted by molar-refractivity contribution is -0.169. The molecule has 0 radical (unpaired) electrons. The summed E-state index contributed by atoms with van der Waals surface area (Å²) < 4.78 is 0. The number of nitrogens with two attached hydrogens (primary N) is 1. The van der Waals surface area contributed by atoms with Crippen LogP contribution in [0.5, 0.6) is 0 Å². The minimum atomic E-state index is -1.93. The Kier molecular flexibility index (Phi) is 7.44. The van der Waals surface area contributed by atoms with Gasteiger partial charge < -0.3 is 26.4 Å². The number of carboxylic acids is 1. The molecule has 0 saturated heterocycles. The van der Waals surface area contributed by atoms with E-state index in [1.54, 1.807) is 0 Å². The van der Waals surface area contributed by atoms with Gasteiger partial charge >= 0.3 is 5.97 Å². The number of hydrogen-bond acceptors (Lipinski definition) is 6. The maximum atomic E-state index is 10.8. The SMILES string of the molecule is CC(O)(O)NCCCN[C@@H](CCC(N)=O)C(=O)O. The van der Waals surface area contributed by atoms with E-state index in [9.17, 15) is 9.59 Å². The van der Waals surface area contributed by atoms with E-state index >= 15 is 0 Å². The lowest BCUT2D eigenvalue weighted by Crippen LogP contribution is -2.44. The van der Waals surface area contributed by atoms with Crippen LogP contribution in [0.2, 0.25) is 0 Å². The first kappa shape index (κ1) is 16.8.